The third-order valence-corrected chi connectivity index (χ3v) is 4.90. The molecular formula is C18H12Cl2F3N7. The quantitative estimate of drug-likeness (QED) is 0.444. The van der Waals surface area contributed by atoms with Gasteiger partial charge in [-0.15, -0.1) is 0 Å². The topological polar surface area (TPSA) is 94.5 Å². The van der Waals surface area contributed by atoms with E-state index in [9.17, 15) is 13.2 Å². The zero-order valence-corrected chi connectivity index (χ0v) is 16.7. The van der Waals surface area contributed by atoms with Crippen LogP contribution >= 0.6 is 23.2 Å². The van der Waals surface area contributed by atoms with Gasteiger partial charge in [-0.05, 0) is 43.3 Å². The van der Waals surface area contributed by atoms with E-state index in [1.807, 2.05) is 0 Å². The molecule has 0 atom stereocenters. The van der Waals surface area contributed by atoms with Gasteiger partial charge >= 0.3 is 6.18 Å². The molecule has 0 saturated carbocycles. The van der Waals surface area contributed by atoms with Crippen molar-refractivity contribution in [2.75, 3.05) is 11.1 Å². The molecule has 30 heavy (non-hydrogen) atoms. The van der Waals surface area contributed by atoms with Gasteiger partial charge in [0.2, 0.25) is 17.8 Å². The van der Waals surface area contributed by atoms with Gasteiger partial charge in [0.1, 0.15) is 5.82 Å². The molecule has 4 aromatic rings. The molecule has 0 aliphatic rings. The SMILES string of the molecule is Cc1nc2cc(Cl)c(Cl)cc2n1-c1nc(N)nc(Nc2ccc(C(F)(F)F)cc2)n1. The Morgan fingerprint density at radius 1 is 0.967 bits per heavy atom. The van der Waals surface area contributed by atoms with Crippen LogP contribution in [0.3, 0.4) is 0 Å². The highest BCUT2D eigenvalue weighted by molar-refractivity contribution is 6.42. The number of aryl methyl sites for hydroxylation is 1. The Kier molecular flexibility index (Phi) is 4.91. The number of hydrogen-bond donors (Lipinski definition) is 2. The normalized spacial score (nSPS) is 11.8. The summed E-state index contributed by atoms with van der Waals surface area (Å²) in [5, 5.41) is 3.51. The number of imidazole rings is 1. The van der Waals surface area contributed by atoms with Crippen molar-refractivity contribution >= 4 is 51.8 Å². The van der Waals surface area contributed by atoms with Gasteiger partial charge in [0.15, 0.2) is 0 Å². The summed E-state index contributed by atoms with van der Waals surface area (Å²) in [6.07, 6.45) is -4.42. The molecule has 0 bridgehead atoms. The number of aromatic nitrogens is 5. The van der Waals surface area contributed by atoms with Crippen LogP contribution in [-0.2, 0) is 6.18 Å². The Hall–Kier alpha value is -3.11. The Balaban J connectivity index is 1.73. The molecule has 154 valence electrons. The van der Waals surface area contributed by atoms with Crippen molar-refractivity contribution < 1.29 is 13.2 Å². The Labute approximate surface area is 177 Å². The van der Waals surface area contributed by atoms with Crippen LogP contribution in [-0.4, -0.2) is 24.5 Å². The van der Waals surface area contributed by atoms with Gasteiger partial charge in [-0.25, -0.2) is 4.98 Å². The number of rotatable bonds is 3. The fraction of sp³-hybridized carbons (Fsp3) is 0.111. The van der Waals surface area contributed by atoms with Gasteiger partial charge < -0.3 is 11.1 Å². The Morgan fingerprint density at radius 2 is 1.63 bits per heavy atom. The number of anilines is 3. The third-order valence-electron chi connectivity index (χ3n) is 4.17. The average molecular weight is 454 g/mol. The summed E-state index contributed by atoms with van der Waals surface area (Å²) < 4.78 is 39.8. The maximum Gasteiger partial charge on any atom is 0.416 e. The standard InChI is InChI=1S/C18H12Cl2F3N7/c1-8-25-13-6-11(19)12(20)7-14(13)30(8)17-28-15(24)27-16(29-17)26-10-4-2-9(3-5-10)18(21,22)23/h2-7H,1H3,(H3,24,26,27,28,29). The van der Waals surface area contributed by atoms with Crippen molar-refractivity contribution in [2.45, 2.75) is 13.1 Å². The maximum atomic E-state index is 12.7. The molecule has 0 unspecified atom stereocenters. The van der Waals surface area contributed by atoms with E-state index in [0.717, 1.165) is 12.1 Å². The first-order chi connectivity index (χ1) is 14.1. The molecule has 12 heteroatoms. The van der Waals surface area contributed by atoms with Gasteiger partial charge in [-0.1, -0.05) is 23.2 Å². The van der Waals surface area contributed by atoms with E-state index < -0.39 is 11.7 Å². The molecule has 3 N–H and O–H groups in total. The molecular weight excluding hydrogens is 442 g/mol. The van der Waals surface area contributed by atoms with Crippen LogP contribution in [0.2, 0.25) is 10.0 Å². The van der Waals surface area contributed by atoms with E-state index >= 15 is 0 Å². The smallest absolute Gasteiger partial charge is 0.368 e. The largest absolute Gasteiger partial charge is 0.416 e. The van der Waals surface area contributed by atoms with Crippen molar-refractivity contribution in [3.8, 4) is 5.95 Å². The lowest BCUT2D eigenvalue weighted by Gasteiger charge is -2.11. The first-order valence-electron chi connectivity index (χ1n) is 8.42. The van der Waals surface area contributed by atoms with E-state index in [4.69, 9.17) is 28.9 Å². The highest BCUT2D eigenvalue weighted by Crippen LogP contribution is 2.31. The molecule has 7 nitrogen and oxygen atoms in total. The van der Waals surface area contributed by atoms with Crippen LogP contribution < -0.4 is 11.1 Å². The summed E-state index contributed by atoms with van der Waals surface area (Å²) in [6.45, 7) is 1.74. The molecule has 2 aromatic carbocycles. The monoisotopic (exact) mass is 453 g/mol. The van der Waals surface area contributed by atoms with Gasteiger partial charge in [-0.3, -0.25) is 4.57 Å². The number of halogens is 5. The molecule has 2 aromatic heterocycles. The molecule has 0 saturated heterocycles. The number of benzene rings is 2. The lowest BCUT2D eigenvalue weighted by molar-refractivity contribution is -0.137. The summed E-state index contributed by atoms with van der Waals surface area (Å²) >= 11 is 12.2. The van der Waals surface area contributed by atoms with Gasteiger partial charge in [0.25, 0.3) is 0 Å². The fourth-order valence-electron chi connectivity index (χ4n) is 2.85. The minimum Gasteiger partial charge on any atom is -0.368 e. The summed E-state index contributed by atoms with van der Waals surface area (Å²) in [7, 11) is 0. The van der Waals surface area contributed by atoms with Crippen molar-refractivity contribution in [1.29, 1.82) is 0 Å². The van der Waals surface area contributed by atoms with Gasteiger partial charge in [0, 0.05) is 5.69 Å². The zero-order chi connectivity index (χ0) is 21.6. The van der Waals surface area contributed by atoms with Crippen LogP contribution in [0, 0.1) is 6.92 Å². The average Bonchev–Trinajstić information content (AvgIpc) is 2.96. The molecule has 0 spiro atoms. The van der Waals surface area contributed by atoms with Crippen molar-refractivity contribution in [1.82, 2.24) is 24.5 Å². The van der Waals surface area contributed by atoms with Crippen LogP contribution in [0.5, 0.6) is 0 Å². The highest BCUT2D eigenvalue weighted by atomic mass is 35.5. The molecule has 0 aliphatic carbocycles. The van der Waals surface area contributed by atoms with Crippen molar-refractivity contribution in [2.24, 2.45) is 0 Å². The number of hydrogen-bond acceptors (Lipinski definition) is 6. The summed E-state index contributed by atoms with van der Waals surface area (Å²) in [5.74, 6) is 0.680. The second-order valence-corrected chi connectivity index (χ2v) is 7.08. The molecule has 0 aliphatic heterocycles. The number of nitrogens with one attached hydrogen (secondary N) is 1. The first-order valence-corrected chi connectivity index (χ1v) is 9.18. The van der Waals surface area contributed by atoms with Crippen LogP contribution in [0.15, 0.2) is 36.4 Å². The second kappa shape index (κ2) is 7.29. The minimum absolute atomic E-state index is 0.0542. The lowest BCUT2D eigenvalue weighted by atomic mass is 10.2. The molecule has 0 amide bonds. The predicted molar refractivity (Wildman–Crippen MR) is 108 cm³/mol. The van der Waals surface area contributed by atoms with Gasteiger partial charge in [0.05, 0.1) is 26.6 Å². The van der Waals surface area contributed by atoms with Crippen molar-refractivity contribution in [3.63, 3.8) is 0 Å². The van der Waals surface area contributed by atoms with E-state index in [1.165, 1.54) is 12.1 Å². The third kappa shape index (κ3) is 3.83. The zero-order valence-electron chi connectivity index (χ0n) is 15.2. The van der Waals surface area contributed by atoms with E-state index in [1.54, 1.807) is 23.6 Å². The summed E-state index contributed by atoms with van der Waals surface area (Å²) in [4.78, 5) is 16.9. The van der Waals surface area contributed by atoms with Crippen LogP contribution in [0.4, 0.5) is 30.8 Å². The first kappa shape index (κ1) is 20.2. The van der Waals surface area contributed by atoms with Crippen molar-refractivity contribution in [3.05, 3.63) is 57.8 Å². The fourth-order valence-corrected chi connectivity index (χ4v) is 3.17. The Morgan fingerprint density at radius 3 is 2.30 bits per heavy atom. The number of nitrogens with two attached hydrogens (primary N) is 1. The molecule has 0 radical (unpaired) electrons. The minimum atomic E-state index is -4.42. The Bertz CT molecular complexity index is 1250. The maximum absolute atomic E-state index is 12.7. The highest BCUT2D eigenvalue weighted by Gasteiger charge is 2.30. The number of nitrogens with zero attached hydrogens (tertiary/aromatic N) is 5. The molecule has 0 fully saturated rings. The van der Waals surface area contributed by atoms with Gasteiger partial charge in [-0.2, -0.15) is 28.1 Å². The van der Waals surface area contributed by atoms with Crippen LogP contribution in [0.1, 0.15) is 11.4 Å². The van der Waals surface area contributed by atoms with E-state index in [2.05, 4.69) is 25.3 Å². The second-order valence-electron chi connectivity index (χ2n) is 6.27. The lowest BCUT2D eigenvalue weighted by Crippen LogP contribution is -2.10. The predicted octanol–water partition coefficient (Wildman–Crippen LogP) is 5.17. The number of fused-ring (bicyclic) bond motifs is 1. The van der Waals surface area contributed by atoms with E-state index in [0.29, 0.717) is 32.6 Å². The number of alkyl halides is 3. The summed E-state index contributed by atoms with van der Waals surface area (Å²) in [6, 6.07) is 7.68. The number of nitrogen functional groups attached to an aromatic ring is 1. The molecule has 2 heterocycles. The molecule has 4 rings (SSSR count). The summed E-state index contributed by atoms with van der Waals surface area (Å²) in [5.41, 5.74) is 6.59. The van der Waals surface area contributed by atoms with E-state index in [-0.39, 0.29) is 17.8 Å². The van der Waals surface area contributed by atoms with Crippen LogP contribution in [0.25, 0.3) is 17.0 Å².